The van der Waals surface area contributed by atoms with Crippen molar-refractivity contribution in [3.63, 3.8) is 0 Å². The Bertz CT molecular complexity index is 1150. The SMILES string of the molecule is CC(NC(c1cccc2[nH]c(=O)c(=O)[nH]c12)P(=O)([O-])[O-])c1ccc(Br)cc1.O.[Na+].[Na+]. The molecule has 0 bridgehead atoms. The number of hydrogen-bond acceptors (Lipinski definition) is 6. The van der Waals surface area contributed by atoms with Gasteiger partial charge in [-0.2, -0.15) is 0 Å². The van der Waals surface area contributed by atoms with E-state index in [-0.39, 0.29) is 81.2 Å². The normalized spacial score (nSPS) is 12.8. The summed E-state index contributed by atoms with van der Waals surface area (Å²) < 4.78 is 12.9. The van der Waals surface area contributed by atoms with Gasteiger partial charge in [0.15, 0.2) is 0 Å². The number of fused-ring (bicyclic) bond motifs is 1. The molecule has 0 fully saturated rings. The van der Waals surface area contributed by atoms with E-state index in [9.17, 15) is 23.9 Å². The summed E-state index contributed by atoms with van der Waals surface area (Å²) in [6.45, 7) is 1.72. The Kier molecular flexibility index (Phi) is 12.2. The third kappa shape index (κ3) is 6.96. The second-order valence-electron chi connectivity index (χ2n) is 6.06. The van der Waals surface area contributed by atoms with Gasteiger partial charge in [-0.25, -0.2) is 0 Å². The molecule has 0 aliphatic heterocycles. The zero-order chi connectivity index (χ0) is 19.8. The van der Waals surface area contributed by atoms with Crippen LogP contribution in [-0.4, -0.2) is 15.4 Å². The quantitative estimate of drug-likeness (QED) is 0.173. The number of hydrogen-bond donors (Lipinski definition) is 3. The van der Waals surface area contributed by atoms with Gasteiger partial charge in [-0.3, -0.25) is 14.9 Å². The fraction of sp³-hybridized carbons (Fsp3) is 0.176. The van der Waals surface area contributed by atoms with Gasteiger partial charge in [-0.1, -0.05) is 40.2 Å². The summed E-state index contributed by atoms with van der Waals surface area (Å²) in [6.07, 6.45) is 0. The van der Waals surface area contributed by atoms with E-state index in [0.717, 1.165) is 10.0 Å². The third-order valence-electron chi connectivity index (χ3n) is 4.18. The minimum Gasteiger partial charge on any atom is -0.809 e. The first-order valence-electron chi connectivity index (χ1n) is 7.95. The van der Waals surface area contributed by atoms with Gasteiger partial charge in [0, 0.05) is 10.5 Å². The summed E-state index contributed by atoms with van der Waals surface area (Å²) in [4.78, 5) is 51.9. The average Bonchev–Trinajstić information content (AvgIpc) is 2.60. The van der Waals surface area contributed by atoms with Crippen LogP contribution in [0.2, 0.25) is 0 Å². The summed E-state index contributed by atoms with van der Waals surface area (Å²) in [7, 11) is -5.15. The molecule has 2 aromatic carbocycles. The third-order valence-corrected chi connectivity index (χ3v) is 5.77. The topological polar surface area (TPSA) is 172 Å². The van der Waals surface area contributed by atoms with Crippen molar-refractivity contribution in [2.45, 2.75) is 18.7 Å². The number of rotatable bonds is 5. The van der Waals surface area contributed by atoms with E-state index in [2.05, 4.69) is 31.2 Å². The summed E-state index contributed by atoms with van der Waals surface area (Å²) >= 11 is 3.33. The monoisotopic (exact) mass is 515 g/mol. The first-order chi connectivity index (χ1) is 12.7. The van der Waals surface area contributed by atoms with Crippen molar-refractivity contribution < 1.29 is 78.9 Å². The fourth-order valence-electron chi connectivity index (χ4n) is 2.83. The number of halogens is 1. The molecular formula is C17H17BrN3Na2O6P. The Morgan fingerprint density at radius 2 is 1.57 bits per heavy atom. The van der Waals surface area contributed by atoms with Gasteiger partial charge in [0.1, 0.15) is 0 Å². The number of para-hydroxylation sites is 1. The van der Waals surface area contributed by atoms with Gasteiger partial charge in [0.05, 0.1) is 16.8 Å². The van der Waals surface area contributed by atoms with Crippen molar-refractivity contribution in [3.05, 3.63) is 78.8 Å². The molecule has 3 rings (SSSR count). The minimum absolute atomic E-state index is 0. The Balaban J connectivity index is 0.00000280. The molecular weight excluding hydrogens is 499 g/mol. The number of aromatic amines is 2. The van der Waals surface area contributed by atoms with Crippen LogP contribution in [0, 0.1) is 0 Å². The Morgan fingerprint density at radius 3 is 2.13 bits per heavy atom. The summed E-state index contributed by atoms with van der Waals surface area (Å²) in [5.74, 6) is -1.60. The van der Waals surface area contributed by atoms with Crippen LogP contribution in [-0.2, 0) is 4.57 Å². The van der Waals surface area contributed by atoms with Crippen LogP contribution in [0.3, 0.4) is 0 Å². The molecule has 0 saturated carbocycles. The first kappa shape index (κ1) is 29.9. The number of benzene rings is 2. The van der Waals surface area contributed by atoms with Crippen LogP contribution in [0.15, 0.2) is 56.5 Å². The van der Waals surface area contributed by atoms with Crippen LogP contribution in [0.5, 0.6) is 0 Å². The van der Waals surface area contributed by atoms with E-state index < -0.39 is 30.5 Å². The molecule has 0 aliphatic rings. The molecule has 2 unspecified atom stereocenters. The maximum atomic E-state index is 12.0. The summed E-state index contributed by atoms with van der Waals surface area (Å²) in [6, 6.07) is 11.2. The van der Waals surface area contributed by atoms with Gasteiger partial charge in [0.2, 0.25) is 0 Å². The van der Waals surface area contributed by atoms with Crippen LogP contribution in [0.4, 0.5) is 0 Å². The number of nitrogens with one attached hydrogen (secondary N) is 3. The van der Waals surface area contributed by atoms with Crippen LogP contribution >= 0.6 is 23.5 Å². The molecule has 0 aliphatic carbocycles. The van der Waals surface area contributed by atoms with E-state index in [4.69, 9.17) is 0 Å². The second kappa shape index (κ2) is 12.2. The van der Waals surface area contributed by atoms with Gasteiger partial charge in [-0.05, 0) is 43.8 Å². The molecule has 0 amide bonds. The molecule has 5 N–H and O–H groups in total. The molecule has 13 heteroatoms. The van der Waals surface area contributed by atoms with E-state index in [1.54, 1.807) is 31.2 Å². The predicted molar refractivity (Wildman–Crippen MR) is 105 cm³/mol. The standard InChI is InChI=1S/C17H17BrN3O5P.2Na.H2O/c1-9(10-5-7-11(18)8-6-10)19-17(27(24,25)26)12-3-2-4-13-14(12)21-16(23)15(22)20-13;;;/h2-9,17,19H,1H3,(H,20,22)(H,21,23)(H2,24,25,26);;;1H2/q;2*+1;/p-2. The summed E-state index contributed by atoms with van der Waals surface area (Å²) in [5.41, 5.74) is -0.624. The number of aromatic nitrogens is 2. The van der Waals surface area contributed by atoms with Crippen LogP contribution in [0.1, 0.15) is 29.9 Å². The van der Waals surface area contributed by atoms with E-state index in [0.29, 0.717) is 0 Å². The molecule has 1 aromatic heterocycles. The van der Waals surface area contributed by atoms with Crippen molar-refractivity contribution in [1.29, 1.82) is 0 Å². The maximum absolute atomic E-state index is 12.0. The molecule has 0 spiro atoms. The average molecular weight is 516 g/mol. The molecule has 3 aromatic rings. The molecule has 2 atom stereocenters. The zero-order valence-electron chi connectivity index (χ0n) is 16.6. The number of H-pyrrole nitrogens is 2. The van der Waals surface area contributed by atoms with Crippen molar-refractivity contribution in [3.8, 4) is 0 Å². The molecule has 0 saturated heterocycles. The largest absolute Gasteiger partial charge is 1.00 e. The zero-order valence-corrected chi connectivity index (χ0v) is 23.0. The molecule has 9 nitrogen and oxygen atoms in total. The minimum atomic E-state index is -5.15. The van der Waals surface area contributed by atoms with Crippen LogP contribution in [0.25, 0.3) is 11.0 Å². The van der Waals surface area contributed by atoms with Crippen molar-refractivity contribution in [2.75, 3.05) is 0 Å². The molecule has 1 heterocycles. The van der Waals surface area contributed by atoms with E-state index in [1.165, 1.54) is 18.2 Å². The molecule has 150 valence electrons. The second-order valence-corrected chi connectivity index (χ2v) is 8.57. The molecule has 0 radical (unpaired) electrons. The van der Waals surface area contributed by atoms with Crippen molar-refractivity contribution in [1.82, 2.24) is 15.3 Å². The molecule has 30 heavy (non-hydrogen) atoms. The Morgan fingerprint density at radius 1 is 1.00 bits per heavy atom. The van der Waals surface area contributed by atoms with E-state index >= 15 is 0 Å². The van der Waals surface area contributed by atoms with Crippen molar-refractivity contribution >= 4 is 34.6 Å². The Labute approximate surface area is 224 Å². The van der Waals surface area contributed by atoms with E-state index in [1.807, 2.05) is 0 Å². The fourth-order valence-corrected chi connectivity index (χ4v) is 4.05. The predicted octanol–water partition coefficient (Wildman–Crippen LogP) is -5.57. The van der Waals surface area contributed by atoms with Gasteiger partial charge >= 0.3 is 70.2 Å². The van der Waals surface area contributed by atoms with Crippen molar-refractivity contribution in [2.24, 2.45) is 0 Å². The van der Waals surface area contributed by atoms with Gasteiger partial charge in [-0.15, -0.1) is 0 Å². The summed E-state index contributed by atoms with van der Waals surface area (Å²) in [5, 5.41) is 2.82. The van der Waals surface area contributed by atoms with Crippen LogP contribution < -0.4 is 85.3 Å². The maximum Gasteiger partial charge on any atom is 1.00 e. The Hall–Kier alpha value is -0.0700. The first-order valence-corrected chi connectivity index (χ1v) is 10.4. The smallest absolute Gasteiger partial charge is 0.809 e. The van der Waals surface area contributed by atoms with Gasteiger partial charge in [0.25, 0.3) is 0 Å². The van der Waals surface area contributed by atoms with Gasteiger partial charge < -0.3 is 29.8 Å².